The number of hydrogen-bond acceptors (Lipinski definition) is 5. The second-order valence-electron chi connectivity index (χ2n) is 5.56. The first-order valence-electron chi connectivity index (χ1n) is 6.44. The number of nitrogens with one attached hydrogen (secondary N) is 1. The Morgan fingerprint density at radius 3 is 2.85 bits per heavy atom. The van der Waals surface area contributed by atoms with Crippen LogP contribution in [0.3, 0.4) is 0 Å². The van der Waals surface area contributed by atoms with Gasteiger partial charge in [0.1, 0.15) is 5.03 Å². The van der Waals surface area contributed by atoms with Crippen molar-refractivity contribution in [1.29, 1.82) is 0 Å². The van der Waals surface area contributed by atoms with E-state index in [0.717, 1.165) is 16.5 Å². The van der Waals surface area contributed by atoms with Gasteiger partial charge in [-0.1, -0.05) is 17.8 Å². The fourth-order valence-corrected chi connectivity index (χ4v) is 4.41. The number of nitrogens with zero attached hydrogens (tertiary/aromatic N) is 2. The maximum Gasteiger partial charge on any atom is 0.194 e. The van der Waals surface area contributed by atoms with Gasteiger partial charge >= 0.3 is 0 Å². The summed E-state index contributed by atoms with van der Waals surface area (Å²) in [4.78, 5) is 5.82. The lowest BCUT2D eigenvalue weighted by atomic mass is 10.1. The second-order valence-corrected chi connectivity index (χ2v) is 8.67. The van der Waals surface area contributed by atoms with Crippen LogP contribution in [0.1, 0.15) is 26.5 Å². The van der Waals surface area contributed by atoms with Crippen LogP contribution < -0.4 is 5.32 Å². The summed E-state index contributed by atoms with van der Waals surface area (Å²) in [7, 11) is 0. The summed E-state index contributed by atoms with van der Waals surface area (Å²) >= 11 is 5.20. The molecule has 0 amide bonds. The molecule has 0 radical (unpaired) electrons. The third-order valence-electron chi connectivity index (χ3n) is 2.80. The molecule has 0 atom stereocenters. The van der Waals surface area contributed by atoms with E-state index in [9.17, 15) is 0 Å². The van der Waals surface area contributed by atoms with E-state index in [-0.39, 0.29) is 5.54 Å². The number of rotatable bonds is 4. The SMILES string of the molecule is CC(C)(C)NCc1c(Sc2cccs2)nc2sccn12. The van der Waals surface area contributed by atoms with Crippen molar-refractivity contribution in [3.63, 3.8) is 0 Å². The van der Waals surface area contributed by atoms with Crippen LogP contribution in [0.15, 0.2) is 38.3 Å². The number of thiophene rings is 1. The highest BCUT2D eigenvalue weighted by Gasteiger charge is 2.17. The van der Waals surface area contributed by atoms with Gasteiger partial charge in [0, 0.05) is 23.7 Å². The predicted octanol–water partition coefficient (Wildman–Crippen LogP) is 4.50. The van der Waals surface area contributed by atoms with E-state index >= 15 is 0 Å². The molecule has 0 saturated carbocycles. The van der Waals surface area contributed by atoms with E-state index in [4.69, 9.17) is 4.98 Å². The summed E-state index contributed by atoms with van der Waals surface area (Å²) in [6.45, 7) is 7.38. The Bertz CT molecular complexity index is 689. The van der Waals surface area contributed by atoms with Crippen LogP contribution in [-0.4, -0.2) is 14.9 Å². The molecule has 0 fully saturated rings. The van der Waals surface area contributed by atoms with Gasteiger partial charge < -0.3 is 5.32 Å². The Morgan fingerprint density at radius 2 is 2.15 bits per heavy atom. The van der Waals surface area contributed by atoms with Gasteiger partial charge in [-0.05, 0) is 32.2 Å². The van der Waals surface area contributed by atoms with Gasteiger partial charge in [0.25, 0.3) is 0 Å². The van der Waals surface area contributed by atoms with Gasteiger partial charge in [-0.25, -0.2) is 4.98 Å². The first-order chi connectivity index (χ1) is 9.53. The average Bonchev–Trinajstić information content (AvgIpc) is 3.03. The molecular weight excluding hydrogens is 306 g/mol. The molecule has 1 N–H and O–H groups in total. The van der Waals surface area contributed by atoms with Crippen molar-refractivity contribution in [2.45, 2.75) is 42.1 Å². The molecule has 106 valence electrons. The zero-order valence-corrected chi connectivity index (χ0v) is 14.2. The van der Waals surface area contributed by atoms with Crippen LogP contribution >= 0.6 is 34.4 Å². The van der Waals surface area contributed by atoms with Crippen LogP contribution in [0.2, 0.25) is 0 Å². The molecule has 3 nitrogen and oxygen atoms in total. The third kappa shape index (κ3) is 3.09. The molecule has 3 aromatic heterocycles. The normalized spacial score (nSPS) is 12.3. The van der Waals surface area contributed by atoms with Gasteiger partial charge in [-0.15, -0.1) is 22.7 Å². The van der Waals surface area contributed by atoms with E-state index in [1.165, 1.54) is 9.90 Å². The molecule has 0 aliphatic carbocycles. The summed E-state index contributed by atoms with van der Waals surface area (Å²) in [6, 6.07) is 4.22. The van der Waals surface area contributed by atoms with Crippen molar-refractivity contribution in [2.24, 2.45) is 0 Å². The highest BCUT2D eigenvalue weighted by atomic mass is 32.2. The van der Waals surface area contributed by atoms with Crippen molar-refractivity contribution in [2.75, 3.05) is 0 Å². The Hall–Kier alpha value is -0.820. The largest absolute Gasteiger partial charge is 0.306 e. The fourth-order valence-electron chi connectivity index (χ4n) is 1.82. The van der Waals surface area contributed by atoms with E-state index in [1.807, 2.05) is 0 Å². The quantitative estimate of drug-likeness (QED) is 0.766. The molecular formula is C14H17N3S3. The van der Waals surface area contributed by atoms with Crippen LogP contribution in [0.5, 0.6) is 0 Å². The first kappa shape index (κ1) is 14.1. The number of aromatic nitrogens is 2. The molecule has 3 aromatic rings. The molecule has 0 aromatic carbocycles. The third-order valence-corrected chi connectivity index (χ3v) is 5.62. The first-order valence-corrected chi connectivity index (χ1v) is 9.01. The molecule has 0 bridgehead atoms. The molecule has 3 rings (SSSR count). The maximum atomic E-state index is 4.76. The fraction of sp³-hybridized carbons (Fsp3) is 0.357. The Morgan fingerprint density at radius 1 is 1.30 bits per heavy atom. The number of imidazole rings is 1. The number of fused-ring (bicyclic) bond motifs is 1. The Kier molecular flexibility index (Phi) is 3.90. The predicted molar refractivity (Wildman–Crippen MR) is 88.1 cm³/mol. The Balaban J connectivity index is 1.92. The monoisotopic (exact) mass is 323 g/mol. The molecule has 0 aliphatic heterocycles. The molecule has 6 heteroatoms. The van der Waals surface area contributed by atoms with Crippen LogP contribution in [-0.2, 0) is 6.54 Å². The highest BCUT2D eigenvalue weighted by Crippen LogP contribution is 2.34. The van der Waals surface area contributed by atoms with Crippen molar-refractivity contribution in [3.05, 3.63) is 34.8 Å². The Labute approximate surface area is 131 Å². The minimum atomic E-state index is 0.102. The number of hydrogen-bond donors (Lipinski definition) is 1. The molecule has 0 saturated heterocycles. The van der Waals surface area contributed by atoms with E-state index in [0.29, 0.717) is 0 Å². The minimum Gasteiger partial charge on any atom is -0.306 e. The van der Waals surface area contributed by atoms with E-state index < -0.39 is 0 Å². The lowest BCUT2D eigenvalue weighted by Gasteiger charge is -2.20. The summed E-state index contributed by atoms with van der Waals surface area (Å²) in [5.74, 6) is 0. The zero-order chi connectivity index (χ0) is 14.2. The standard InChI is InChI=1S/C14H17N3S3/c1-14(2,3)15-9-10-12(20-11-5-4-7-18-11)16-13-17(10)6-8-19-13/h4-8,15H,9H2,1-3H3. The van der Waals surface area contributed by atoms with Crippen LogP contribution in [0, 0.1) is 0 Å². The lowest BCUT2D eigenvalue weighted by Crippen LogP contribution is -2.35. The van der Waals surface area contributed by atoms with Gasteiger partial charge in [0.05, 0.1) is 9.90 Å². The van der Waals surface area contributed by atoms with Gasteiger partial charge in [0.2, 0.25) is 0 Å². The smallest absolute Gasteiger partial charge is 0.194 e. The van der Waals surface area contributed by atoms with Gasteiger partial charge in [-0.3, -0.25) is 4.40 Å². The topological polar surface area (TPSA) is 29.3 Å². The molecule has 20 heavy (non-hydrogen) atoms. The van der Waals surface area contributed by atoms with E-state index in [1.54, 1.807) is 34.4 Å². The van der Waals surface area contributed by atoms with E-state index in [2.05, 4.69) is 59.6 Å². The maximum absolute atomic E-state index is 4.76. The summed E-state index contributed by atoms with van der Waals surface area (Å²) in [6.07, 6.45) is 2.10. The minimum absolute atomic E-state index is 0.102. The average molecular weight is 324 g/mol. The number of thiazole rings is 1. The van der Waals surface area contributed by atoms with Crippen molar-refractivity contribution in [1.82, 2.24) is 14.7 Å². The summed E-state index contributed by atoms with van der Waals surface area (Å²) in [5.41, 5.74) is 1.35. The van der Waals surface area contributed by atoms with Crippen molar-refractivity contribution < 1.29 is 0 Å². The van der Waals surface area contributed by atoms with Crippen molar-refractivity contribution in [3.8, 4) is 0 Å². The molecule has 0 aliphatic rings. The second kappa shape index (κ2) is 5.52. The van der Waals surface area contributed by atoms with Crippen LogP contribution in [0.25, 0.3) is 4.96 Å². The van der Waals surface area contributed by atoms with Crippen molar-refractivity contribution >= 4 is 39.4 Å². The zero-order valence-electron chi connectivity index (χ0n) is 11.7. The summed E-state index contributed by atoms with van der Waals surface area (Å²) in [5, 5.41) is 8.86. The molecule has 3 heterocycles. The van der Waals surface area contributed by atoms with Gasteiger partial charge in [0.15, 0.2) is 4.96 Å². The lowest BCUT2D eigenvalue weighted by molar-refractivity contribution is 0.418. The summed E-state index contributed by atoms with van der Waals surface area (Å²) < 4.78 is 3.48. The van der Waals surface area contributed by atoms with Crippen LogP contribution in [0.4, 0.5) is 0 Å². The molecule has 0 spiro atoms. The van der Waals surface area contributed by atoms with Gasteiger partial charge in [-0.2, -0.15) is 0 Å². The molecule has 0 unspecified atom stereocenters. The highest BCUT2D eigenvalue weighted by molar-refractivity contribution is 8.01.